The highest BCUT2D eigenvalue weighted by Gasteiger charge is 2.62. The number of aryl methyl sites for hydroxylation is 1. The van der Waals surface area contributed by atoms with Gasteiger partial charge in [0, 0.05) is 18.7 Å². The maximum atomic E-state index is 13.3. The van der Waals surface area contributed by atoms with Crippen molar-refractivity contribution in [2.24, 2.45) is 46.3 Å². The van der Waals surface area contributed by atoms with Crippen LogP contribution in [0.2, 0.25) is 0 Å². The molecule has 37 heavy (non-hydrogen) atoms. The molecule has 4 heteroatoms. The van der Waals surface area contributed by atoms with Gasteiger partial charge >= 0.3 is 0 Å². The minimum Gasteiger partial charge on any atom is -0.393 e. The van der Waals surface area contributed by atoms with E-state index in [4.69, 9.17) is 0 Å². The highest BCUT2D eigenvalue weighted by Crippen LogP contribution is 2.68. The summed E-state index contributed by atoms with van der Waals surface area (Å²) in [6.07, 6.45) is 11.0. The van der Waals surface area contributed by atoms with Crippen LogP contribution in [0.1, 0.15) is 96.1 Å². The van der Waals surface area contributed by atoms with Gasteiger partial charge in [-0.15, -0.1) is 0 Å². The lowest BCUT2D eigenvalue weighted by atomic mass is 9.43. The predicted molar refractivity (Wildman–Crippen MR) is 148 cm³/mol. The second kappa shape index (κ2) is 9.37. The van der Waals surface area contributed by atoms with Gasteiger partial charge in [-0.25, -0.2) is 0 Å². The van der Waals surface area contributed by atoms with E-state index in [0.717, 1.165) is 50.8 Å². The first-order chi connectivity index (χ1) is 17.6. The molecule has 1 amide bonds. The van der Waals surface area contributed by atoms with Gasteiger partial charge in [0.2, 0.25) is 5.91 Å². The Morgan fingerprint density at radius 2 is 1.81 bits per heavy atom. The van der Waals surface area contributed by atoms with E-state index in [2.05, 4.69) is 45.9 Å². The Morgan fingerprint density at radius 3 is 2.62 bits per heavy atom. The molecule has 5 aliphatic rings. The van der Waals surface area contributed by atoms with Crippen LogP contribution in [0, 0.1) is 53.3 Å². The van der Waals surface area contributed by atoms with Crippen molar-refractivity contribution in [3.8, 4) is 0 Å². The lowest BCUT2D eigenvalue weighted by molar-refractivity contribution is -0.174. The molecule has 0 spiro atoms. The molecule has 1 aromatic carbocycles. The zero-order valence-electron chi connectivity index (χ0n) is 23.6. The molecule has 4 fully saturated rings. The molecule has 204 valence electrons. The van der Waals surface area contributed by atoms with Gasteiger partial charge in [0.1, 0.15) is 0 Å². The normalized spacial score (nSPS) is 43.5. The Labute approximate surface area is 224 Å². The maximum Gasteiger partial charge on any atom is 0.227 e. The molecular formula is C33H49NO3. The van der Waals surface area contributed by atoms with Crippen molar-refractivity contribution >= 4 is 11.6 Å². The quantitative estimate of drug-likeness (QED) is 0.503. The van der Waals surface area contributed by atoms with Crippen LogP contribution in [0.3, 0.4) is 0 Å². The first kappa shape index (κ1) is 25.9. The number of aliphatic hydroxyl groups is 2. The number of hydrogen-bond donors (Lipinski definition) is 2. The van der Waals surface area contributed by atoms with E-state index in [-0.39, 0.29) is 23.0 Å². The van der Waals surface area contributed by atoms with Gasteiger partial charge < -0.3 is 15.1 Å². The van der Waals surface area contributed by atoms with Crippen molar-refractivity contribution in [1.29, 1.82) is 0 Å². The zero-order chi connectivity index (χ0) is 26.1. The first-order valence-corrected chi connectivity index (χ1v) is 15.4. The van der Waals surface area contributed by atoms with Gasteiger partial charge in [-0.3, -0.25) is 4.79 Å². The Bertz CT molecular complexity index is 1040. The average Bonchev–Trinajstić information content (AvgIpc) is 3.44. The minimum atomic E-state index is -0.215. The molecule has 4 aliphatic carbocycles. The Kier molecular flexibility index (Phi) is 6.55. The summed E-state index contributed by atoms with van der Waals surface area (Å²) >= 11 is 0. The van der Waals surface area contributed by atoms with Crippen LogP contribution >= 0.6 is 0 Å². The smallest absolute Gasteiger partial charge is 0.227 e. The molecule has 0 bridgehead atoms. The molecule has 6 rings (SSSR count). The molecule has 2 N–H and O–H groups in total. The third-order valence-electron chi connectivity index (χ3n) is 12.7. The van der Waals surface area contributed by atoms with E-state index in [1.165, 1.54) is 36.8 Å². The average molecular weight is 508 g/mol. The van der Waals surface area contributed by atoms with Crippen molar-refractivity contribution in [2.45, 2.75) is 111 Å². The van der Waals surface area contributed by atoms with Crippen molar-refractivity contribution in [2.75, 3.05) is 11.4 Å². The van der Waals surface area contributed by atoms with Crippen LogP contribution in [0.15, 0.2) is 18.2 Å². The number of benzene rings is 1. The fourth-order valence-electron chi connectivity index (χ4n) is 10.7. The molecule has 0 unspecified atom stereocenters. The fourth-order valence-corrected chi connectivity index (χ4v) is 10.7. The van der Waals surface area contributed by atoms with E-state index in [9.17, 15) is 15.0 Å². The van der Waals surface area contributed by atoms with E-state index >= 15 is 0 Å². The molecule has 0 radical (unpaired) electrons. The number of aliphatic hydroxyl groups excluding tert-OH is 2. The number of carbonyl (C=O) groups excluding carboxylic acids is 1. The number of anilines is 1. The van der Waals surface area contributed by atoms with Crippen molar-refractivity contribution < 1.29 is 15.0 Å². The second-order valence-corrected chi connectivity index (χ2v) is 14.4. The molecule has 0 aromatic heterocycles. The Hall–Kier alpha value is -1.39. The van der Waals surface area contributed by atoms with Gasteiger partial charge in [-0.2, -0.15) is 0 Å². The molecule has 0 saturated heterocycles. The summed E-state index contributed by atoms with van der Waals surface area (Å²) in [5.74, 6) is 3.55. The zero-order valence-corrected chi connectivity index (χ0v) is 23.6. The van der Waals surface area contributed by atoms with Crippen molar-refractivity contribution in [3.05, 3.63) is 29.3 Å². The van der Waals surface area contributed by atoms with Crippen LogP contribution < -0.4 is 4.90 Å². The summed E-state index contributed by atoms with van der Waals surface area (Å²) in [4.78, 5) is 15.3. The molecule has 1 heterocycles. The van der Waals surface area contributed by atoms with Crippen molar-refractivity contribution in [3.63, 3.8) is 0 Å². The third kappa shape index (κ3) is 4.11. The van der Waals surface area contributed by atoms with Gasteiger partial charge in [0.15, 0.2) is 0 Å². The molecule has 4 nitrogen and oxygen atoms in total. The number of fused-ring (bicyclic) bond motifs is 6. The van der Waals surface area contributed by atoms with Gasteiger partial charge in [0.25, 0.3) is 0 Å². The largest absolute Gasteiger partial charge is 0.393 e. The van der Waals surface area contributed by atoms with Gasteiger partial charge in [-0.05, 0) is 129 Å². The van der Waals surface area contributed by atoms with Crippen LogP contribution in [-0.2, 0) is 11.2 Å². The van der Waals surface area contributed by atoms with Gasteiger partial charge in [-0.1, -0.05) is 38.5 Å². The molecular weight excluding hydrogens is 458 g/mol. The molecule has 1 aliphatic heterocycles. The lowest BCUT2D eigenvalue weighted by Crippen LogP contribution is -2.58. The number of carbonyl (C=O) groups is 1. The minimum absolute atomic E-state index is 0.173. The van der Waals surface area contributed by atoms with Crippen LogP contribution in [-0.4, -0.2) is 34.9 Å². The summed E-state index contributed by atoms with van der Waals surface area (Å²) in [5, 5.41) is 21.8. The SMILES string of the molecule is Cc1ccc2c(c1)CCN2C(=O)CC[C@@H](C)[C@H]1CC[C@H]2[C@@H]3[C@H](O)C[C@@H]4C[C@H](O)CC[C@]4(C)[C@H]3CC[C@]12C. The highest BCUT2D eigenvalue weighted by molar-refractivity contribution is 5.95. The summed E-state index contributed by atoms with van der Waals surface area (Å²) in [7, 11) is 0. The van der Waals surface area contributed by atoms with E-state index < -0.39 is 0 Å². The summed E-state index contributed by atoms with van der Waals surface area (Å²) in [5.41, 5.74) is 4.28. The lowest BCUT2D eigenvalue weighted by Gasteiger charge is -2.62. The Balaban J connectivity index is 1.13. The predicted octanol–water partition coefficient (Wildman–Crippen LogP) is 6.29. The fraction of sp³-hybridized carbons (Fsp3) is 0.788. The third-order valence-corrected chi connectivity index (χ3v) is 12.7. The van der Waals surface area contributed by atoms with E-state index in [0.29, 0.717) is 47.8 Å². The van der Waals surface area contributed by atoms with E-state index in [1.54, 1.807) is 0 Å². The van der Waals surface area contributed by atoms with Crippen LogP contribution in [0.5, 0.6) is 0 Å². The summed E-state index contributed by atoms with van der Waals surface area (Å²) < 4.78 is 0. The van der Waals surface area contributed by atoms with Gasteiger partial charge in [0.05, 0.1) is 12.2 Å². The highest BCUT2D eigenvalue weighted by atomic mass is 16.3. The molecule has 10 atom stereocenters. The molecule has 1 aromatic rings. The topological polar surface area (TPSA) is 60.8 Å². The molecule has 4 saturated carbocycles. The number of rotatable bonds is 4. The van der Waals surface area contributed by atoms with E-state index in [1.807, 2.05) is 4.90 Å². The summed E-state index contributed by atoms with van der Waals surface area (Å²) in [6, 6.07) is 6.49. The summed E-state index contributed by atoms with van der Waals surface area (Å²) in [6.45, 7) is 10.4. The maximum absolute atomic E-state index is 13.3. The first-order valence-electron chi connectivity index (χ1n) is 15.4. The standard InChI is InChI=1S/C33H49NO3/c1-20-5-9-28-22(17-20)13-16-34(28)30(37)10-6-21(2)25-7-8-26-31-27(12-15-33(25,26)4)32(3)14-11-24(35)18-23(32)19-29(31)36/h5,9,17,21,23-27,29,31,35-36H,6-8,10-16,18-19H2,1-4H3/t21-,23+,24-,25-,26+,27+,29-,31+,32+,33-/m1/s1. The monoisotopic (exact) mass is 507 g/mol. The van der Waals surface area contributed by atoms with Crippen LogP contribution in [0.4, 0.5) is 5.69 Å². The number of nitrogens with zero attached hydrogens (tertiary/aromatic N) is 1. The van der Waals surface area contributed by atoms with Crippen molar-refractivity contribution in [1.82, 2.24) is 0 Å². The van der Waals surface area contributed by atoms with Crippen LogP contribution in [0.25, 0.3) is 0 Å². The number of amides is 1. The number of hydrogen-bond acceptors (Lipinski definition) is 3. The Morgan fingerprint density at radius 1 is 1.05 bits per heavy atom. The second-order valence-electron chi connectivity index (χ2n) is 14.4.